The van der Waals surface area contributed by atoms with Gasteiger partial charge in [-0.15, -0.1) is 0 Å². The van der Waals surface area contributed by atoms with Crippen LogP contribution in [-0.2, 0) is 26.6 Å². The lowest BCUT2D eigenvalue weighted by Crippen LogP contribution is -2.35. The summed E-state index contributed by atoms with van der Waals surface area (Å²) in [5.74, 6) is -1.39. The quantitative estimate of drug-likeness (QED) is 0.787. The second-order valence-corrected chi connectivity index (χ2v) is 6.23. The molecule has 0 aliphatic heterocycles. The molecule has 0 saturated carbocycles. The van der Waals surface area contributed by atoms with Gasteiger partial charge in [0.1, 0.15) is 6.29 Å². The summed E-state index contributed by atoms with van der Waals surface area (Å²) >= 11 is 0. The van der Waals surface area contributed by atoms with Gasteiger partial charge in [-0.2, -0.15) is 13.2 Å². The fourth-order valence-electron chi connectivity index (χ4n) is 1.58. The van der Waals surface area contributed by atoms with E-state index in [2.05, 4.69) is 10.3 Å². The number of hydrogen-bond acceptors (Lipinski definition) is 5. The Bertz CT molecular complexity index is 573. The number of nitrogens with zero attached hydrogens (tertiary/aromatic N) is 1. The van der Waals surface area contributed by atoms with E-state index < -0.39 is 44.7 Å². The van der Waals surface area contributed by atoms with Crippen molar-refractivity contribution in [2.75, 3.05) is 12.8 Å². The number of carbonyl (C=O) groups is 1. The molecule has 1 aromatic rings. The summed E-state index contributed by atoms with van der Waals surface area (Å²) in [5.41, 5.74) is -1.47. The number of aromatic nitrogens is 1. The van der Waals surface area contributed by atoms with E-state index in [1.54, 1.807) is 0 Å². The van der Waals surface area contributed by atoms with Crippen LogP contribution in [0.5, 0.6) is 0 Å². The summed E-state index contributed by atoms with van der Waals surface area (Å²) in [6.07, 6.45) is -2.44. The molecule has 1 heterocycles. The highest BCUT2D eigenvalue weighted by Gasteiger charge is 2.34. The second kappa shape index (κ2) is 6.31. The number of sulfone groups is 1. The molecular weight excluding hydrogens is 297 g/mol. The van der Waals surface area contributed by atoms with Crippen LogP contribution in [0.15, 0.2) is 18.5 Å². The van der Waals surface area contributed by atoms with Crippen molar-refractivity contribution in [3.63, 3.8) is 0 Å². The van der Waals surface area contributed by atoms with Crippen molar-refractivity contribution in [1.82, 2.24) is 10.3 Å². The lowest BCUT2D eigenvalue weighted by atomic mass is 10.1. The lowest BCUT2D eigenvalue weighted by Gasteiger charge is -2.13. The number of carbonyl (C=O) groups excluding carboxylic acids is 1. The summed E-state index contributed by atoms with van der Waals surface area (Å²) in [5, 5.41) is 2.45. The highest BCUT2D eigenvalue weighted by atomic mass is 32.2. The number of pyridine rings is 1. The standard InChI is InChI=1S/C11H13F3N2O3S/c1-15-9(5-17)7-20(18,19)6-8-4-16-3-2-10(8)11(12,13)14/h2-5,9,15H,6-7H2,1H3. The number of alkyl halides is 3. The summed E-state index contributed by atoms with van der Waals surface area (Å²) in [4.78, 5) is 14.1. The molecule has 0 saturated heterocycles. The number of hydrogen-bond donors (Lipinski definition) is 1. The Labute approximate surface area is 114 Å². The van der Waals surface area contributed by atoms with E-state index in [4.69, 9.17) is 0 Å². The Kier molecular flexibility index (Phi) is 5.23. The van der Waals surface area contributed by atoms with Crippen molar-refractivity contribution in [1.29, 1.82) is 0 Å². The van der Waals surface area contributed by atoms with E-state index in [1.807, 2.05) is 0 Å². The van der Waals surface area contributed by atoms with Gasteiger partial charge in [0.25, 0.3) is 0 Å². The van der Waals surface area contributed by atoms with Crippen LogP contribution < -0.4 is 5.32 Å². The molecular formula is C11H13F3N2O3S. The first-order valence-corrected chi connectivity index (χ1v) is 7.35. The highest BCUT2D eigenvalue weighted by molar-refractivity contribution is 7.90. The minimum atomic E-state index is -4.65. The highest BCUT2D eigenvalue weighted by Crippen LogP contribution is 2.32. The third kappa shape index (κ3) is 4.57. The minimum absolute atomic E-state index is 0.394. The molecule has 0 aliphatic carbocycles. The number of halogens is 3. The van der Waals surface area contributed by atoms with Gasteiger partial charge in [-0.1, -0.05) is 0 Å². The number of rotatable bonds is 6. The van der Waals surface area contributed by atoms with Gasteiger partial charge in [0.15, 0.2) is 9.84 Å². The molecule has 1 atom stereocenters. The fourth-order valence-corrected chi connectivity index (χ4v) is 3.19. The molecule has 0 amide bonds. The summed E-state index contributed by atoms with van der Waals surface area (Å²) in [6.45, 7) is 0. The van der Waals surface area contributed by atoms with Gasteiger partial charge in [-0.05, 0) is 18.7 Å². The van der Waals surface area contributed by atoms with Crippen LogP contribution in [0.1, 0.15) is 11.1 Å². The summed E-state index contributed by atoms with van der Waals surface area (Å²) in [7, 11) is -2.49. The molecule has 1 N–H and O–H groups in total. The normalized spacial score (nSPS) is 14.0. The first-order valence-electron chi connectivity index (χ1n) is 5.52. The molecule has 0 aliphatic rings. The van der Waals surface area contributed by atoms with E-state index in [0.717, 1.165) is 18.5 Å². The molecule has 0 aromatic carbocycles. The molecule has 1 unspecified atom stereocenters. The first kappa shape index (κ1) is 16.6. The van der Waals surface area contributed by atoms with E-state index in [0.29, 0.717) is 6.29 Å². The largest absolute Gasteiger partial charge is 0.416 e. The van der Waals surface area contributed by atoms with Crippen LogP contribution in [-0.4, -0.2) is 38.5 Å². The smallest absolute Gasteiger partial charge is 0.310 e. The summed E-state index contributed by atoms with van der Waals surface area (Å²) < 4.78 is 61.8. The van der Waals surface area contributed by atoms with Gasteiger partial charge in [-0.3, -0.25) is 4.98 Å². The van der Waals surface area contributed by atoms with Crippen molar-refractivity contribution < 1.29 is 26.4 Å². The number of likely N-dealkylation sites (N-methyl/N-ethyl adjacent to an activating group) is 1. The van der Waals surface area contributed by atoms with Crippen molar-refractivity contribution >= 4 is 16.1 Å². The van der Waals surface area contributed by atoms with Gasteiger partial charge in [0.05, 0.1) is 23.1 Å². The first-order chi connectivity index (χ1) is 9.19. The average Bonchev–Trinajstić information content (AvgIpc) is 2.34. The van der Waals surface area contributed by atoms with Gasteiger partial charge < -0.3 is 10.1 Å². The zero-order chi connectivity index (χ0) is 15.4. The molecule has 0 spiro atoms. The SMILES string of the molecule is CNC(C=O)CS(=O)(=O)Cc1cnccc1C(F)(F)F. The van der Waals surface area contributed by atoms with Gasteiger partial charge >= 0.3 is 6.18 Å². The van der Waals surface area contributed by atoms with Crippen LogP contribution in [0, 0.1) is 0 Å². The molecule has 0 radical (unpaired) electrons. The van der Waals surface area contributed by atoms with Crippen molar-refractivity contribution in [2.45, 2.75) is 18.0 Å². The monoisotopic (exact) mass is 310 g/mol. The molecule has 112 valence electrons. The fraction of sp³-hybridized carbons (Fsp3) is 0.455. The van der Waals surface area contributed by atoms with Crippen LogP contribution in [0.4, 0.5) is 13.2 Å². The lowest BCUT2D eigenvalue weighted by molar-refractivity contribution is -0.138. The Morgan fingerprint density at radius 1 is 1.45 bits per heavy atom. The summed E-state index contributed by atoms with van der Waals surface area (Å²) in [6, 6.07) is -0.230. The Balaban J connectivity index is 3.02. The van der Waals surface area contributed by atoms with Crippen molar-refractivity contribution in [2.24, 2.45) is 0 Å². The maximum Gasteiger partial charge on any atom is 0.416 e. The number of aldehydes is 1. The third-order valence-electron chi connectivity index (χ3n) is 2.55. The molecule has 20 heavy (non-hydrogen) atoms. The molecule has 1 aromatic heterocycles. The van der Waals surface area contributed by atoms with Crippen LogP contribution in [0.3, 0.4) is 0 Å². The molecule has 9 heteroatoms. The Hall–Kier alpha value is -1.48. The van der Waals surface area contributed by atoms with E-state index in [9.17, 15) is 26.4 Å². The van der Waals surface area contributed by atoms with Gasteiger partial charge in [-0.25, -0.2) is 8.42 Å². The molecule has 5 nitrogen and oxygen atoms in total. The van der Waals surface area contributed by atoms with E-state index >= 15 is 0 Å². The predicted molar refractivity (Wildman–Crippen MR) is 65.6 cm³/mol. The maximum absolute atomic E-state index is 12.7. The Morgan fingerprint density at radius 2 is 2.10 bits per heavy atom. The molecule has 1 rings (SSSR count). The second-order valence-electron chi connectivity index (χ2n) is 4.12. The number of nitrogens with one attached hydrogen (secondary N) is 1. The van der Waals surface area contributed by atoms with Crippen molar-refractivity contribution in [3.8, 4) is 0 Å². The van der Waals surface area contributed by atoms with E-state index in [1.165, 1.54) is 7.05 Å². The zero-order valence-electron chi connectivity index (χ0n) is 10.5. The Morgan fingerprint density at radius 3 is 2.60 bits per heavy atom. The molecule has 0 bridgehead atoms. The van der Waals surface area contributed by atoms with Crippen LogP contribution >= 0.6 is 0 Å². The minimum Gasteiger partial charge on any atom is -0.310 e. The van der Waals surface area contributed by atoms with Crippen LogP contribution in [0.25, 0.3) is 0 Å². The maximum atomic E-state index is 12.7. The van der Waals surface area contributed by atoms with Gasteiger partial charge in [0, 0.05) is 12.4 Å². The predicted octanol–water partition coefficient (Wildman–Crippen LogP) is 0.802. The topological polar surface area (TPSA) is 76.1 Å². The van der Waals surface area contributed by atoms with Gasteiger partial charge in [0.2, 0.25) is 0 Å². The third-order valence-corrected chi connectivity index (χ3v) is 4.17. The zero-order valence-corrected chi connectivity index (χ0v) is 11.3. The van der Waals surface area contributed by atoms with Crippen LogP contribution in [0.2, 0.25) is 0 Å². The van der Waals surface area contributed by atoms with E-state index in [-0.39, 0.29) is 0 Å². The average molecular weight is 310 g/mol. The van der Waals surface area contributed by atoms with Crippen molar-refractivity contribution in [3.05, 3.63) is 29.6 Å². The molecule has 0 fully saturated rings.